The first-order valence-electron chi connectivity index (χ1n) is 4.08. The molecule has 16 heavy (non-hydrogen) atoms. The number of hydrogen-bond donors (Lipinski definition) is 2. The van der Waals surface area contributed by atoms with E-state index in [1.54, 1.807) is 0 Å². The first-order chi connectivity index (χ1) is 7.23. The molecule has 7 heteroatoms. The van der Waals surface area contributed by atoms with E-state index in [0.29, 0.717) is 6.07 Å². The van der Waals surface area contributed by atoms with Crippen LogP contribution in [0.1, 0.15) is 22.0 Å². The second-order valence-corrected chi connectivity index (χ2v) is 3.06. The minimum absolute atomic E-state index is 0.435. The quantitative estimate of drug-likeness (QED) is 0.774. The number of benzene rings is 1. The van der Waals surface area contributed by atoms with Gasteiger partial charge in [-0.15, -0.1) is 0 Å². The van der Waals surface area contributed by atoms with Gasteiger partial charge in [0.25, 0.3) is 0 Å². The fourth-order valence-electron chi connectivity index (χ4n) is 1.09. The number of hydrogen-bond acceptors (Lipinski definition) is 2. The van der Waals surface area contributed by atoms with Crippen molar-refractivity contribution < 1.29 is 27.5 Å². The zero-order chi connectivity index (χ0) is 12.5. The highest BCUT2D eigenvalue weighted by molar-refractivity contribution is 5.87. The highest BCUT2D eigenvalue weighted by atomic mass is 19.4. The summed E-state index contributed by atoms with van der Waals surface area (Å²) in [4.78, 5) is 10.4. The molecule has 1 atom stereocenters. The van der Waals surface area contributed by atoms with Crippen LogP contribution in [-0.2, 0) is 0 Å². The van der Waals surface area contributed by atoms with E-state index in [1.165, 1.54) is 0 Å². The van der Waals surface area contributed by atoms with Crippen molar-refractivity contribution in [3.8, 4) is 0 Å². The number of carbonyl (C=O) groups is 1. The molecule has 0 bridgehead atoms. The average Bonchev–Trinajstić information content (AvgIpc) is 2.15. The van der Waals surface area contributed by atoms with Crippen molar-refractivity contribution in [1.82, 2.24) is 0 Å². The molecule has 0 saturated heterocycles. The third-order valence-corrected chi connectivity index (χ3v) is 1.94. The molecular formula is C9H7F4NO2. The fourth-order valence-corrected chi connectivity index (χ4v) is 1.09. The Labute approximate surface area is 87.5 Å². The molecule has 88 valence electrons. The monoisotopic (exact) mass is 237 g/mol. The van der Waals surface area contributed by atoms with Gasteiger partial charge in [0.2, 0.25) is 0 Å². The van der Waals surface area contributed by atoms with Crippen LogP contribution in [0.5, 0.6) is 0 Å². The summed E-state index contributed by atoms with van der Waals surface area (Å²) < 4.78 is 49.6. The third kappa shape index (κ3) is 2.48. The summed E-state index contributed by atoms with van der Waals surface area (Å²) in [7, 11) is 0. The van der Waals surface area contributed by atoms with Gasteiger partial charge in [0.05, 0.1) is 5.56 Å². The van der Waals surface area contributed by atoms with Gasteiger partial charge < -0.3 is 10.8 Å². The Balaban J connectivity index is 3.13. The van der Waals surface area contributed by atoms with Crippen LogP contribution in [0.3, 0.4) is 0 Å². The van der Waals surface area contributed by atoms with Gasteiger partial charge in [0.1, 0.15) is 11.9 Å². The summed E-state index contributed by atoms with van der Waals surface area (Å²) in [6.07, 6.45) is -4.77. The van der Waals surface area contributed by atoms with E-state index in [0.717, 1.165) is 12.1 Å². The van der Waals surface area contributed by atoms with Crippen molar-refractivity contribution in [3.05, 3.63) is 35.1 Å². The van der Waals surface area contributed by atoms with E-state index in [9.17, 15) is 22.4 Å². The molecule has 0 amide bonds. The van der Waals surface area contributed by atoms with Crippen LogP contribution in [0, 0.1) is 5.82 Å². The Hall–Kier alpha value is -1.63. The molecule has 0 heterocycles. The van der Waals surface area contributed by atoms with Gasteiger partial charge in [0, 0.05) is 5.56 Å². The second-order valence-electron chi connectivity index (χ2n) is 3.06. The lowest BCUT2D eigenvalue weighted by Crippen LogP contribution is -2.29. The smallest absolute Gasteiger partial charge is 0.407 e. The number of carboxylic acids is 1. The molecule has 3 N–H and O–H groups in total. The molecular weight excluding hydrogens is 230 g/mol. The topological polar surface area (TPSA) is 63.3 Å². The van der Waals surface area contributed by atoms with Gasteiger partial charge in [-0.25, -0.2) is 9.18 Å². The van der Waals surface area contributed by atoms with Crippen LogP contribution in [0.15, 0.2) is 18.2 Å². The summed E-state index contributed by atoms with van der Waals surface area (Å²) in [5.74, 6) is -2.71. The van der Waals surface area contributed by atoms with Crippen LogP contribution in [0.25, 0.3) is 0 Å². The number of aromatic carboxylic acids is 1. The summed E-state index contributed by atoms with van der Waals surface area (Å²) >= 11 is 0. The number of alkyl halides is 3. The van der Waals surface area contributed by atoms with Crippen LogP contribution in [0.4, 0.5) is 17.6 Å². The molecule has 3 nitrogen and oxygen atoms in total. The summed E-state index contributed by atoms with van der Waals surface area (Å²) in [5, 5.41) is 8.48. The number of halogens is 4. The predicted octanol–water partition coefficient (Wildman–Crippen LogP) is 2.09. The molecule has 1 aromatic carbocycles. The zero-order valence-electron chi connectivity index (χ0n) is 7.75. The molecule has 0 aliphatic rings. The standard InChI is InChI=1S/C9H7F4NO2/c10-6-3-4(8(15)16)1-2-5(6)7(14)9(11,12)13/h1-3,7H,14H2,(H,15,16)/t7-/m0/s1. The molecule has 0 spiro atoms. The van der Waals surface area contributed by atoms with Crippen LogP contribution >= 0.6 is 0 Å². The van der Waals surface area contributed by atoms with E-state index in [1.807, 2.05) is 0 Å². The maximum absolute atomic E-state index is 13.1. The van der Waals surface area contributed by atoms with E-state index < -0.39 is 35.1 Å². The summed E-state index contributed by atoms with van der Waals surface area (Å²) in [5.41, 5.74) is 3.57. The summed E-state index contributed by atoms with van der Waals surface area (Å²) in [6, 6.07) is -0.373. The average molecular weight is 237 g/mol. The number of nitrogens with two attached hydrogens (primary N) is 1. The fraction of sp³-hybridized carbons (Fsp3) is 0.222. The molecule has 0 aromatic heterocycles. The van der Waals surface area contributed by atoms with Crippen molar-refractivity contribution in [2.45, 2.75) is 12.2 Å². The van der Waals surface area contributed by atoms with Gasteiger partial charge >= 0.3 is 12.1 Å². The van der Waals surface area contributed by atoms with Crippen molar-refractivity contribution in [1.29, 1.82) is 0 Å². The van der Waals surface area contributed by atoms with Crippen LogP contribution in [-0.4, -0.2) is 17.3 Å². The van der Waals surface area contributed by atoms with Gasteiger partial charge in [0.15, 0.2) is 0 Å². The van der Waals surface area contributed by atoms with Crippen LogP contribution in [0.2, 0.25) is 0 Å². The number of rotatable bonds is 2. The lowest BCUT2D eigenvalue weighted by molar-refractivity contribution is -0.149. The van der Waals surface area contributed by atoms with Gasteiger partial charge in [-0.1, -0.05) is 6.07 Å². The van der Waals surface area contributed by atoms with Crippen molar-refractivity contribution in [2.75, 3.05) is 0 Å². The molecule has 0 aliphatic heterocycles. The Morgan fingerprint density at radius 2 is 1.94 bits per heavy atom. The lowest BCUT2D eigenvalue weighted by atomic mass is 10.0. The lowest BCUT2D eigenvalue weighted by Gasteiger charge is -2.16. The summed E-state index contributed by atoms with van der Waals surface area (Å²) in [6.45, 7) is 0. The molecule has 1 aromatic rings. The Bertz CT molecular complexity index is 416. The highest BCUT2D eigenvalue weighted by Gasteiger charge is 2.39. The highest BCUT2D eigenvalue weighted by Crippen LogP contribution is 2.31. The predicted molar refractivity (Wildman–Crippen MR) is 46.3 cm³/mol. The minimum Gasteiger partial charge on any atom is -0.478 e. The normalized spacial score (nSPS) is 13.6. The molecule has 0 saturated carbocycles. The Morgan fingerprint density at radius 1 is 1.38 bits per heavy atom. The third-order valence-electron chi connectivity index (χ3n) is 1.94. The van der Waals surface area contributed by atoms with Crippen molar-refractivity contribution in [2.24, 2.45) is 5.73 Å². The van der Waals surface area contributed by atoms with E-state index in [4.69, 9.17) is 10.8 Å². The van der Waals surface area contributed by atoms with Gasteiger partial charge in [-0.3, -0.25) is 0 Å². The van der Waals surface area contributed by atoms with Crippen molar-refractivity contribution >= 4 is 5.97 Å². The maximum Gasteiger partial charge on any atom is 0.407 e. The molecule has 0 fully saturated rings. The van der Waals surface area contributed by atoms with E-state index >= 15 is 0 Å². The number of carboxylic acid groups (broad SMARTS) is 1. The molecule has 0 aliphatic carbocycles. The second kappa shape index (κ2) is 4.09. The Morgan fingerprint density at radius 3 is 2.31 bits per heavy atom. The van der Waals surface area contributed by atoms with Gasteiger partial charge in [-0.05, 0) is 12.1 Å². The molecule has 0 unspecified atom stereocenters. The Kier molecular flexibility index (Phi) is 3.18. The van der Waals surface area contributed by atoms with E-state index in [-0.39, 0.29) is 0 Å². The van der Waals surface area contributed by atoms with Gasteiger partial charge in [-0.2, -0.15) is 13.2 Å². The van der Waals surface area contributed by atoms with Crippen LogP contribution < -0.4 is 5.73 Å². The molecule has 1 rings (SSSR count). The first-order valence-corrected chi connectivity index (χ1v) is 4.08. The first kappa shape index (κ1) is 12.4. The minimum atomic E-state index is -4.77. The zero-order valence-corrected chi connectivity index (χ0v) is 7.75. The van der Waals surface area contributed by atoms with E-state index in [2.05, 4.69) is 0 Å². The maximum atomic E-state index is 13.1. The van der Waals surface area contributed by atoms with Crippen molar-refractivity contribution in [3.63, 3.8) is 0 Å². The molecule has 0 radical (unpaired) electrons. The largest absolute Gasteiger partial charge is 0.478 e. The SMILES string of the molecule is N[C@@H](c1ccc(C(=O)O)cc1F)C(F)(F)F.